The molecule has 0 aliphatic carbocycles. The van der Waals surface area contributed by atoms with Crippen molar-refractivity contribution in [2.75, 3.05) is 31.6 Å². The van der Waals surface area contributed by atoms with E-state index in [0.717, 1.165) is 12.3 Å². The molecule has 2 amide bonds. The first-order chi connectivity index (χ1) is 7.13. The van der Waals surface area contributed by atoms with Crippen LogP contribution in [0.15, 0.2) is 0 Å². The van der Waals surface area contributed by atoms with Crippen LogP contribution in [-0.2, 0) is 9.59 Å². The van der Waals surface area contributed by atoms with Crippen molar-refractivity contribution in [1.82, 2.24) is 10.2 Å². The Labute approximate surface area is 94.8 Å². The molecule has 1 heterocycles. The van der Waals surface area contributed by atoms with Gasteiger partial charge in [0.2, 0.25) is 11.8 Å². The molecule has 86 valence electrons. The number of nitrogens with one attached hydrogen (secondary N) is 1. The predicted octanol–water partition coefficient (Wildman–Crippen LogP) is 0.334. The van der Waals surface area contributed by atoms with Crippen molar-refractivity contribution in [3.8, 4) is 0 Å². The highest BCUT2D eigenvalue weighted by atomic mass is 32.2. The number of hydrogen-bond donors (Lipinski definition) is 1. The Morgan fingerprint density at radius 2 is 2.27 bits per heavy atom. The summed E-state index contributed by atoms with van der Waals surface area (Å²) in [6, 6.07) is 0. The van der Waals surface area contributed by atoms with Crippen LogP contribution in [0.1, 0.15) is 13.3 Å². The average molecular weight is 230 g/mol. The fourth-order valence-corrected chi connectivity index (χ4v) is 2.32. The first kappa shape index (κ1) is 12.4. The number of thioether (sulfide) groups is 1. The zero-order valence-electron chi connectivity index (χ0n) is 9.28. The first-order valence-electron chi connectivity index (χ1n) is 5.17. The van der Waals surface area contributed by atoms with Crippen molar-refractivity contribution in [3.05, 3.63) is 0 Å². The van der Waals surface area contributed by atoms with Crippen molar-refractivity contribution in [1.29, 1.82) is 0 Å². The Hall–Kier alpha value is -0.710. The van der Waals surface area contributed by atoms with Crippen LogP contribution in [0.4, 0.5) is 0 Å². The van der Waals surface area contributed by atoms with Gasteiger partial charge in [0.25, 0.3) is 0 Å². The van der Waals surface area contributed by atoms with Gasteiger partial charge < -0.3 is 10.2 Å². The van der Waals surface area contributed by atoms with Gasteiger partial charge in [0.05, 0.1) is 6.54 Å². The minimum Gasteiger partial charge on any atom is -0.347 e. The number of carbonyl (C=O) groups excluding carboxylic acids is 2. The average Bonchev–Trinajstić information content (AvgIpc) is 2.33. The van der Waals surface area contributed by atoms with Gasteiger partial charge in [-0.25, -0.2) is 0 Å². The second-order valence-corrected chi connectivity index (χ2v) is 4.84. The van der Waals surface area contributed by atoms with Gasteiger partial charge in [-0.2, -0.15) is 11.8 Å². The molecule has 0 bridgehead atoms. The predicted molar refractivity (Wildman–Crippen MR) is 61.8 cm³/mol. The fraction of sp³-hybridized carbons (Fsp3) is 0.800. The molecule has 1 unspecified atom stereocenters. The quantitative estimate of drug-likeness (QED) is 0.757. The van der Waals surface area contributed by atoms with Crippen molar-refractivity contribution in [2.45, 2.75) is 13.3 Å². The second-order valence-electron chi connectivity index (χ2n) is 3.93. The molecule has 1 aliphatic rings. The summed E-state index contributed by atoms with van der Waals surface area (Å²) in [5.41, 5.74) is 0. The van der Waals surface area contributed by atoms with Crippen LogP contribution in [0.5, 0.6) is 0 Å². The zero-order valence-corrected chi connectivity index (χ0v) is 10.1. The van der Waals surface area contributed by atoms with E-state index in [9.17, 15) is 9.59 Å². The molecule has 5 heteroatoms. The van der Waals surface area contributed by atoms with Gasteiger partial charge >= 0.3 is 0 Å². The molecule has 1 aliphatic heterocycles. The summed E-state index contributed by atoms with van der Waals surface area (Å²) in [5.74, 6) is 1.54. The Bertz CT molecular complexity index is 246. The lowest BCUT2D eigenvalue weighted by molar-refractivity contribution is -0.130. The lowest BCUT2D eigenvalue weighted by Crippen LogP contribution is -2.38. The third-order valence-electron chi connectivity index (χ3n) is 2.38. The molecule has 0 aromatic carbocycles. The molecule has 1 atom stereocenters. The molecule has 0 radical (unpaired) electrons. The smallest absolute Gasteiger partial charge is 0.241 e. The fourth-order valence-electron chi connectivity index (χ4n) is 1.64. The molecule has 15 heavy (non-hydrogen) atoms. The number of nitrogens with zero attached hydrogens (tertiary/aromatic N) is 1. The van der Waals surface area contributed by atoms with E-state index < -0.39 is 0 Å². The van der Waals surface area contributed by atoms with E-state index in [-0.39, 0.29) is 18.4 Å². The summed E-state index contributed by atoms with van der Waals surface area (Å²) in [6.07, 6.45) is 2.49. The first-order valence-corrected chi connectivity index (χ1v) is 6.56. The van der Waals surface area contributed by atoms with Crippen molar-refractivity contribution in [3.63, 3.8) is 0 Å². The second kappa shape index (κ2) is 6.00. The Balaban J connectivity index is 2.45. The van der Waals surface area contributed by atoms with Gasteiger partial charge in [0.1, 0.15) is 0 Å². The minimum absolute atomic E-state index is 0.0247. The number of carbonyl (C=O) groups is 2. The summed E-state index contributed by atoms with van der Waals surface area (Å²) < 4.78 is 0. The number of amides is 2. The lowest BCUT2D eigenvalue weighted by Gasteiger charge is -2.23. The van der Waals surface area contributed by atoms with Crippen molar-refractivity contribution >= 4 is 23.6 Å². The third-order valence-corrected chi connectivity index (χ3v) is 3.28. The van der Waals surface area contributed by atoms with E-state index in [0.29, 0.717) is 18.9 Å². The van der Waals surface area contributed by atoms with E-state index in [2.05, 4.69) is 18.5 Å². The van der Waals surface area contributed by atoms with Crippen LogP contribution in [0.25, 0.3) is 0 Å². The van der Waals surface area contributed by atoms with Gasteiger partial charge in [0.15, 0.2) is 0 Å². The van der Waals surface area contributed by atoms with E-state index in [1.165, 1.54) is 0 Å². The highest BCUT2D eigenvalue weighted by Crippen LogP contribution is 2.08. The highest BCUT2D eigenvalue weighted by molar-refractivity contribution is 7.98. The van der Waals surface area contributed by atoms with Crippen LogP contribution in [0.3, 0.4) is 0 Å². The summed E-state index contributed by atoms with van der Waals surface area (Å²) in [7, 11) is 0. The van der Waals surface area contributed by atoms with Crippen LogP contribution >= 0.6 is 11.8 Å². The molecular formula is C10H18N2O2S. The van der Waals surface area contributed by atoms with Gasteiger partial charge in [-0.3, -0.25) is 9.59 Å². The molecule has 1 fully saturated rings. The van der Waals surface area contributed by atoms with E-state index >= 15 is 0 Å². The maximum Gasteiger partial charge on any atom is 0.241 e. The van der Waals surface area contributed by atoms with E-state index in [1.807, 2.05) is 0 Å². The summed E-state index contributed by atoms with van der Waals surface area (Å²) >= 11 is 1.78. The lowest BCUT2D eigenvalue weighted by atomic mass is 10.2. The van der Waals surface area contributed by atoms with E-state index in [1.54, 1.807) is 16.7 Å². The molecule has 0 spiro atoms. The van der Waals surface area contributed by atoms with Gasteiger partial charge in [0, 0.05) is 19.5 Å². The zero-order chi connectivity index (χ0) is 11.3. The number of hydrogen-bond acceptors (Lipinski definition) is 3. The SMILES string of the molecule is CSCC(C)CN1CCC(=O)NCC1=O. The minimum atomic E-state index is -0.0247. The van der Waals surface area contributed by atoms with Crippen molar-refractivity contribution < 1.29 is 9.59 Å². The topological polar surface area (TPSA) is 49.4 Å². The molecular weight excluding hydrogens is 212 g/mol. The molecule has 4 nitrogen and oxygen atoms in total. The standard InChI is InChI=1S/C10H18N2O2S/c1-8(7-15-2)6-12-4-3-9(13)11-5-10(12)14/h8H,3-7H2,1-2H3,(H,11,13). The van der Waals surface area contributed by atoms with E-state index in [4.69, 9.17) is 0 Å². The van der Waals surface area contributed by atoms with Crippen LogP contribution in [-0.4, -0.2) is 48.4 Å². The Morgan fingerprint density at radius 3 is 2.93 bits per heavy atom. The Morgan fingerprint density at radius 1 is 1.53 bits per heavy atom. The largest absolute Gasteiger partial charge is 0.347 e. The summed E-state index contributed by atoms with van der Waals surface area (Å²) in [4.78, 5) is 24.5. The van der Waals surface area contributed by atoms with Gasteiger partial charge in [-0.05, 0) is 17.9 Å². The molecule has 1 N–H and O–H groups in total. The molecule has 0 aromatic rings. The van der Waals surface area contributed by atoms with Crippen LogP contribution in [0.2, 0.25) is 0 Å². The molecule has 1 rings (SSSR count). The van der Waals surface area contributed by atoms with Crippen LogP contribution < -0.4 is 5.32 Å². The molecule has 0 saturated carbocycles. The van der Waals surface area contributed by atoms with Gasteiger partial charge in [-0.15, -0.1) is 0 Å². The Kier molecular flexibility index (Phi) is 4.94. The third kappa shape index (κ3) is 4.11. The summed E-state index contributed by atoms with van der Waals surface area (Å²) in [5, 5.41) is 2.59. The van der Waals surface area contributed by atoms with Crippen LogP contribution in [0, 0.1) is 5.92 Å². The van der Waals surface area contributed by atoms with Gasteiger partial charge in [-0.1, -0.05) is 6.92 Å². The summed E-state index contributed by atoms with van der Waals surface area (Å²) in [6.45, 7) is 3.60. The monoisotopic (exact) mass is 230 g/mol. The van der Waals surface area contributed by atoms with Crippen molar-refractivity contribution in [2.24, 2.45) is 5.92 Å². The number of rotatable bonds is 4. The highest BCUT2D eigenvalue weighted by Gasteiger charge is 2.21. The maximum absolute atomic E-state index is 11.6. The molecule has 0 aromatic heterocycles. The molecule has 1 saturated heterocycles. The maximum atomic E-state index is 11.6. The normalized spacial score (nSPS) is 19.7.